The highest BCUT2D eigenvalue weighted by molar-refractivity contribution is 6.01. The Morgan fingerprint density at radius 1 is 1.42 bits per heavy atom. The van der Waals surface area contributed by atoms with Crippen molar-refractivity contribution in [3.05, 3.63) is 23.0 Å². The molecular weight excluding hydrogens is 236 g/mol. The zero-order chi connectivity index (χ0) is 14.0. The Balaban J connectivity index is 2.31. The third-order valence-electron chi connectivity index (χ3n) is 4.11. The lowest BCUT2D eigenvalue weighted by Gasteiger charge is -2.34. The highest BCUT2D eigenvalue weighted by atomic mass is 15.1. The molecule has 1 fully saturated rings. The van der Waals surface area contributed by atoms with Crippen LogP contribution >= 0.6 is 0 Å². The van der Waals surface area contributed by atoms with E-state index in [0.717, 1.165) is 41.6 Å². The molecule has 0 amide bonds. The van der Waals surface area contributed by atoms with Gasteiger partial charge in [0.15, 0.2) is 0 Å². The molecule has 3 N–H and O–H groups in total. The first-order valence-corrected chi connectivity index (χ1v) is 7.10. The number of rotatable bonds is 3. The molecule has 0 saturated carbocycles. The van der Waals surface area contributed by atoms with E-state index in [1.165, 1.54) is 19.3 Å². The van der Waals surface area contributed by atoms with Gasteiger partial charge in [-0.25, -0.2) is 0 Å². The summed E-state index contributed by atoms with van der Waals surface area (Å²) in [5.74, 6) is 0.971. The number of piperidine rings is 1. The number of hydrogen-bond donors (Lipinski definition) is 2. The van der Waals surface area contributed by atoms with Crippen molar-refractivity contribution in [3.8, 4) is 0 Å². The fourth-order valence-corrected chi connectivity index (χ4v) is 2.97. The molecule has 1 aromatic heterocycles. The van der Waals surface area contributed by atoms with E-state index >= 15 is 0 Å². The van der Waals surface area contributed by atoms with Crippen LogP contribution in [0.4, 0.5) is 5.69 Å². The molecule has 19 heavy (non-hydrogen) atoms. The fraction of sp³-hybridized carbons (Fsp3) is 0.600. The first kappa shape index (κ1) is 13.8. The van der Waals surface area contributed by atoms with Gasteiger partial charge in [-0.1, -0.05) is 13.3 Å². The van der Waals surface area contributed by atoms with Crippen LogP contribution in [0.15, 0.2) is 6.07 Å². The number of amidine groups is 1. The van der Waals surface area contributed by atoms with E-state index in [1.54, 1.807) is 0 Å². The van der Waals surface area contributed by atoms with E-state index in [-0.39, 0.29) is 5.84 Å². The van der Waals surface area contributed by atoms with Gasteiger partial charge in [-0.3, -0.25) is 10.4 Å². The number of nitrogens with zero attached hydrogens (tertiary/aromatic N) is 2. The highest BCUT2D eigenvalue weighted by Crippen LogP contribution is 2.29. The summed E-state index contributed by atoms with van der Waals surface area (Å²) in [6.07, 6.45) is 3.73. The monoisotopic (exact) mass is 260 g/mol. The number of aryl methyl sites for hydroxylation is 2. The van der Waals surface area contributed by atoms with Crippen molar-refractivity contribution >= 4 is 11.5 Å². The van der Waals surface area contributed by atoms with E-state index in [1.807, 2.05) is 13.8 Å². The summed E-state index contributed by atoms with van der Waals surface area (Å²) in [5.41, 5.74) is 9.49. The Hall–Kier alpha value is -1.58. The molecule has 1 aromatic rings. The number of hydrogen-bond acceptors (Lipinski definition) is 3. The summed E-state index contributed by atoms with van der Waals surface area (Å²) < 4.78 is 0. The standard InChI is InChI=1S/C15H24N4/c1-4-12-5-7-19(8-6-12)13-9-10(2)18-11(3)14(13)15(16)17/h9,12H,4-8H2,1-3H3,(H3,16,17). The van der Waals surface area contributed by atoms with E-state index < -0.39 is 0 Å². The molecule has 1 aliphatic rings. The molecule has 0 radical (unpaired) electrons. The number of aromatic nitrogens is 1. The number of nitrogens with two attached hydrogens (primary N) is 1. The first-order valence-electron chi connectivity index (χ1n) is 7.10. The van der Waals surface area contributed by atoms with Gasteiger partial charge in [0.25, 0.3) is 0 Å². The van der Waals surface area contributed by atoms with E-state index in [9.17, 15) is 0 Å². The summed E-state index contributed by atoms with van der Waals surface area (Å²) in [5, 5.41) is 7.79. The Bertz CT molecular complexity index is 473. The van der Waals surface area contributed by atoms with Crippen LogP contribution < -0.4 is 10.6 Å². The Morgan fingerprint density at radius 3 is 2.58 bits per heavy atom. The maximum atomic E-state index is 7.79. The predicted molar refractivity (Wildman–Crippen MR) is 80.0 cm³/mol. The van der Waals surface area contributed by atoms with Crippen LogP contribution in [0, 0.1) is 25.2 Å². The number of pyridine rings is 1. The molecule has 0 aromatic carbocycles. The van der Waals surface area contributed by atoms with E-state index in [2.05, 4.69) is 22.9 Å². The largest absolute Gasteiger partial charge is 0.384 e. The lowest BCUT2D eigenvalue weighted by molar-refractivity contribution is 0.395. The zero-order valence-corrected chi connectivity index (χ0v) is 12.2. The van der Waals surface area contributed by atoms with Crippen molar-refractivity contribution < 1.29 is 0 Å². The topological polar surface area (TPSA) is 66.0 Å². The average molecular weight is 260 g/mol. The minimum Gasteiger partial charge on any atom is -0.384 e. The van der Waals surface area contributed by atoms with E-state index in [0.29, 0.717) is 0 Å². The minimum absolute atomic E-state index is 0.123. The second-order valence-corrected chi connectivity index (χ2v) is 5.50. The summed E-state index contributed by atoms with van der Waals surface area (Å²) >= 11 is 0. The third-order valence-corrected chi connectivity index (χ3v) is 4.11. The van der Waals surface area contributed by atoms with Crippen LogP contribution in [0.2, 0.25) is 0 Å². The van der Waals surface area contributed by atoms with Gasteiger partial charge in [0.1, 0.15) is 5.84 Å². The van der Waals surface area contributed by atoms with Crippen molar-refractivity contribution in [1.29, 1.82) is 5.41 Å². The Labute approximate surface area is 115 Å². The van der Waals surface area contributed by atoms with Crippen molar-refractivity contribution in [2.24, 2.45) is 11.7 Å². The molecular formula is C15H24N4. The third kappa shape index (κ3) is 2.88. The van der Waals surface area contributed by atoms with E-state index in [4.69, 9.17) is 11.1 Å². The summed E-state index contributed by atoms with van der Waals surface area (Å²) in [6, 6.07) is 2.07. The van der Waals surface area contributed by atoms with Gasteiger partial charge >= 0.3 is 0 Å². The van der Waals surface area contributed by atoms with Gasteiger partial charge in [0, 0.05) is 18.8 Å². The van der Waals surface area contributed by atoms with Gasteiger partial charge < -0.3 is 10.6 Å². The quantitative estimate of drug-likeness (QED) is 0.648. The van der Waals surface area contributed by atoms with Crippen LogP contribution in [0.3, 0.4) is 0 Å². The molecule has 1 saturated heterocycles. The van der Waals surface area contributed by atoms with Crippen LogP contribution in [-0.4, -0.2) is 23.9 Å². The molecule has 0 aliphatic carbocycles. The van der Waals surface area contributed by atoms with Gasteiger partial charge in [-0.05, 0) is 38.7 Å². The number of nitrogens with one attached hydrogen (secondary N) is 1. The van der Waals surface area contributed by atoms with Crippen LogP contribution in [0.5, 0.6) is 0 Å². The molecule has 104 valence electrons. The van der Waals surface area contributed by atoms with Crippen molar-refractivity contribution in [2.75, 3.05) is 18.0 Å². The first-order chi connectivity index (χ1) is 9.02. The normalized spacial score (nSPS) is 16.7. The molecule has 0 unspecified atom stereocenters. The van der Waals surface area contributed by atoms with Crippen molar-refractivity contribution in [1.82, 2.24) is 4.98 Å². The average Bonchev–Trinajstić information content (AvgIpc) is 2.37. The molecule has 4 nitrogen and oxygen atoms in total. The molecule has 0 bridgehead atoms. The van der Waals surface area contributed by atoms with Gasteiger partial charge in [0.05, 0.1) is 16.9 Å². The predicted octanol–water partition coefficient (Wildman–Crippen LogP) is 2.61. The SMILES string of the molecule is CCC1CCN(c2cc(C)nc(C)c2C(=N)N)CC1. The zero-order valence-electron chi connectivity index (χ0n) is 12.2. The molecule has 0 spiro atoms. The Kier molecular flexibility index (Phi) is 4.08. The number of anilines is 1. The van der Waals surface area contributed by atoms with Crippen LogP contribution in [0.1, 0.15) is 43.1 Å². The molecule has 2 rings (SSSR count). The molecule has 0 atom stereocenters. The van der Waals surface area contributed by atoms with Crippen LogP contribution in [-0.2, 0) is 0 Å². The van der Waals surface area contributed by atoms with Crippen LogP contribution in [0.25, 0.3) is 0 Å². The lowest BCUT2D eigenvalue weighted by atomic mass is 9.93. The maximum Gasteiger partial charge on any atom is 0.126 e. The van der Waals surface area contributed by atoms with Gasteiger partial charge in [0.2, 0.25) is 0 Å². The lowest BCUT2D eigenvalue weighted by Crippen LogP contribution is -2.35. The highest BCUT2D eigenvalue weighted by Gasteiger charge is 2.22. The Morgan fingerprint density at radius 2 is 2.05 bits per heavy atom. The smallest absolute Gasteiger partial charge is 0.126 e. The van der Waals surface area contributed by atoms with Crippen molar-refractivity contribution in [2.45, 2.75) is 40.0 Å². The summed E-state index contributed by atoms with van der Waals surface area (Å²) in [7, 11) is 0. The number of nitrogen functional groups attached to an aromatic ring is 1. The molecule has 4 heteroatoms. The fourth-order valence-electron chi connectivity index (χ4n) is 2.97. The van der Waals surface area contributed by atoms with Gasteiger partial charge in [-0.15, -0.1) is 0 Å². The summed E-state index contributed by atoms with van der Waals surface area (Å²) in [4.78, 5) is 6.80. The maximum absolute atomic E-state index is 7.79. The minimum atomic E-state index is 0.123. The second-order valence-electron chi connectivity index (χ2n) is 5.50. The molecule has 2 heterocycles. The van der Waals surface area contributed by atoms with Gasteiger partial charge in [-0.2, -0.15) is 0 Å². The molecule has 1 aliphatic heterocycles. The second kappa shape index (κ2) is 5.59. The summed E-state index contributed by atoms with van der Waals surface area (Å²) in [6.45, 7) is 8.32. The van der Waals surface area contributed by atoms with Crippen molar-refractivity contribution in [3.63, 3.8) is 0 Å².